The molecule has 0 rings (SSSR count). The molecule has 0 amide bonds. The summed E-state index contributed by atoms with van der Waals surface area (Å²) in [5, 5.41) is 10.6. The molecule has 0 heterocycles. The second-order valence-corrected chi connectivity index (χ2v) is 29.1. The lowest BCUT2D eigenvalue weighted by molar-refractivity contribution is -0.161. The molecule has 19 heteroatoms. The summed E-state index contributed by atoms with van der Waals surface area (Å²) in [5.41, 5.74) is 0. The molecule has 0 saturated carbocycles. The van der Waals surface area contributed by atoms with Gasteiger partial charge in [0.05, 0.1) is 26.4 Å². The maximum Gasteiger partial charge on any atom is 0.472 e. The maximum absolute atomic E-state index is 13.0. The van der Waals surface area contributed by atoms with Crippen molar-refractivity contribution in [1.29, 1.82) is 0 Å². The molecular weight excluding hydrogens is 1200 g/mol. The average molecular weight is 1340 g/mol. The summed E-state index contributed by atoms with van der Waals surface area (Å²) < 4.78 is 68.2. The van der Waals surface area contributed by atoms with Crippen LogP contribution in [0.25, 0.3) is 0 Å². The van der Waals surface area contributed by atoms with Crippen molar-refractivity contribution in [2.75, 3.05) is 39.6 Å². The van der Waals surface area contributed by atoms with Gasteiger partial charge >= 0.3 is 39.5 Å². The van der Waals surface area contributed by atoms with Crippen LogP contribution in [0.3, 0.4) is 0 Å². The quantitative estimate of drug-likeness (QED) is 0.0222. The van der Waals surface area contributed by atoms with Crippen LogP contribution >= 0.6 is 15.6 Å². The fourth-order valence-corrected chi connectivity index (χ4v) is 12.5. The largest absolute Gasteiger partial charge is 0.472 e. The molecule has 0 aliphatic rings. The minimum atomic E-state index is -4.95. The van der Waals surface area contributed by atoms with Crippen LogP contribution in [0.4, 0.5) is 0 Å². The normalized spacial score (nSPS) is 14.3. The molecule has 540 valence electrons. The van der Waals surface area contributed by atoms with Gasteiger partial charge in [0.1, 0.15) is 19.3 Å². The molecular formula is C72H140O17P2. The van der Waals surface area contributed by atoms with E-state index in [1.165, 1.54) is 186 Å². The van der Waals surface area contributed by atoms with Crippen molar-refractivity contribution in [1.82, 2.24) is 0 Å². The van der Waals surface area contributed by atoms with Crippen molar-refractivity contribution < 1.29 is 80.2 Å². The summed E-state index contributed by atoms with van der Waals surface area (Å²) in [6.07, 6.45) is 52.9. The summed E-state index contributed by atoms with van der Waals surface area (Å²) in [4.78, 5) is 72.4. The van der Waals surface area contributed by atoms with Crippen molar-refractivity contribution in [3.8, 4) is 0 Å². The second kappa shape index (κ2) is 65.4. The maximum atomic E-state index is 13.0. The molecule has 3 unspecified atom stereocenters. The molecule has 3 N–H and O–H groups in total. The van der Waals surface area contributed by atoms with E-state index >= 15 is 0 Å². The Morgan fingerprint density at radius 3 is 0.780 bits per heavy atom. The molecule has 0 saturated heterocycles. The number of aliphatic hydroxyl groups is 1. The van der Waals surface area contributed by atoms with E-state index in [9.17, 15) is 43.2 Å². The molecule has 6 atom stereocenters. The van der Waals surface area contributed by atoms with E-state index in [4.69, 9.17) is 37.0 Å². The summed E-state index contributed by atoms with van der Waals surface area (Å²) in [6.45, 7) is 7.27. The highest BCUT2D eigenvalue weighted by Gasteiger charge is 2.30. The van der Waals surface area contributed by atoms with Gasteiger partial charge in [-0.25, -0.2) is 9.13 Å². The first-order valence-electron chi connectivity index (χ1n) is 37.7. The smallest absolute Gasteiger partial charge is 0.462 e. The predicted octanol–water partition coefficient (Wildman–Crippen LogP) is 20.9. The number of phosphoric ester groups is 2. The van der Waals surface area contributed by atoms with Gasteiger partial charge in [-0.3, -0.25) is 37.3 Å². The number of carbonyl (C=O) groups is 4. The van der Waals surface area contributed by atoms with Crippen molar-refractivity contribution in [3.63, 3.8) is 0 Å². The van der Waals surface area contributed by atoms with Gasteiger partial charge in [-0.15, -0.1) is 0 Å². The SMILES string of the molecule is CCCCCCCCCCCCCCC(=O)OC[C@H](COP(=O)(O)OC[C@@H](O)COP(=O)(O)OC[C@@H](COC(=O)CCCCCCCCC)OC(=O)CCCCCCCCCCCC)OC(=O)CCCCCCCCCCCCCCCCCCCCC(C)CC. The highest BCUT2D eigenvalue weighted by atomic mass is 31.2. The van der Waals surface area contributed by atoms with Crippen LogP contribution in [0.2, 0.25) is 0 Å². The summed E-state index contributed by atoms with van der Waals surface area (Å²) >= 11 is 0. The molecule has 0 radical (unpaired) electrons. The zero-order valence-corrected chi connectivity index (χ0v) is 60.8. The van der Waals surface area contributed by atoms with E-state index in [2.05, 4.69) is 34.6 Å². The summed E-state index contributed by atoms with van der Waals surface area (Å²) in [6, 6.07) is 0. The second-order valence-electron chi connectivity index (χ2n) is 26.2. The third-order valence-corrected chi connectivity index (χ3v) is 19.0. The van der Waals surface area contributed by atoms with Gasteiger partial charge in [0.15, 0.2) is 12.2 Å². The van der Waals surface area contributed by atoms with E-state index in [0.717, 1.165) is 109 Å². The lowest BCUT2D eigenvalue weighted by Crippen LogP contribution is -2.30. The Hall–Kier alpha value is -1.94. The highest BCUT2D eigenvalue weighted by molar-refractivity contribution is 7.47. The molecule has 0 spiro atoms. The number of esters is 4. The first-order valence-corrected chi connectivity index (χ1v) is 40.7. The third kappa shape index (κ3) is 65.1. The Balaban J connectivity index is 5.12. The van der Waals surface area contributed by atoms with Crippen LogP contribution in [-0.2, 0) is 65.4 Å². The van der Waals surface area contributed by atoms with Gasteiger partial charge in [-0.05, 0) is 31.6 Å². The van der Waals surface area contributed by atoms with Crippen LogP contribution in [0, 0.1) is 5.92 Å². The zero-order valence-electron chi connectivity index (χ0n) is 59.0. The Morgan fingerprint density at radius 1 is 0.308 bits per heavy atom. The van der Waals surface area contributed by atoms with Gasteiger partial charge in [0, 0.05) is 25.7 Å². The Kier molecular flexibility index (Phi) is 64.0. The Labute approximate surface area is 556 Å². The molecule has 0 aromatic rings. The van der Waals surface area contributed by atoms with Gasteiger partial charge in [-0.1, -0.05) is 324 Å². The minimum Gasteiger partial charge on any atom is -0.462 e. The molecule has 0 bridgehead atoms. The number of hydrogen-bond acceptors (Lipinski definition) is 15. The molecule has 0 aliphatic carbocycles. The molecule has 0 aliphatic heterocycles. The van der Waals surface area contributed by atoms with E-state index in [-0.39, 0.29) is 25.7 Å². The molecule has 17 nitrogen and oxygen atoms in total. The van der Waals surface area contributed by atoms with Crippen molar-refractivity contribution >= 4 is 39.5 Å². The number of ether oxygens (including phenoxy) is 4. The van der Waals surface area contributed by atoms with E-state index in [1.807, 2.05) is 0 Å². The fourth-order valence-electron chi connectivity index (χ4n) is 11.0. The number of rotatable bonds is 72. The van der Waals surface area contributed by atoms with Crippen molar-refractivity contribution in [3.05, 3.63) is 0 Å². The van der Waals surface area contributed by atoms with Crippen molar-refractivity contribution in [2.24, 2.45) is 5.92 Å². The van der Waals surface area contributed by atoms with Crippen LogP contribution in [-0.4, -0.2) is 96.7 Å². The summed E-state index contributed by atoms with van der Waals surface area (Å²) in [5.74, 6) is -1.25. The van der Waals surface area contributed by atoms with Crippen LogP contribution in [0.15, 0.2) is 0 Å². The van der Waals surface area contributed by atoms with Crippen LogP contribution in [0.1, 0.15) is 375 Å². The molecule has 0 fully saturated rings. The van der Waals surface area contributed by atoms with E-state index in [1.54, 1.807) is 0 Å². The lowest BCUT2D eigenvalue weighted by Gasteiger charge is -2.21. The number of hydrogen-bond donors (Lipinski definition) is 3. The minimum absolute atomic E-state index is 0.106. The molecule has 91 heavy (non-hydrogen) atoms. The number of carbonyl (C=O) groups excluding carboxylic acids is 4. The Bertz CT molecular complexity index is 1760. The van der Waals surface area contributed by atoms with Gasteiger partial charge in [-0.2, -0.15) is 0 Å². The highest BCUT2D eigenvalue weighted by Crippen LogP contribution is 2.45. The van der Waals surface area contributed by atoms with Gasteiger partial charge in [0.2, 0.25) is 0 Å². The standard InChI is InChI=1S/C72H140O17P2/c1-6-10-13-16-19-21-23-33-37-41-46-51-56-70(75)83-62-68(89-72(77)58-53-48-43-38-34-31-29-27-25-24-26-28-30-32-35-40-44-49-54-65(5)9-4)64-87-91(80,81)85-60-66(73)59-84-90(78,79)86-63-67(61-82-69(74)55-50-45-39-18-15-12-8-3)88-71(76)57-52-47-42-36-22-20-17-14-11-7-2/h65-68,73H,6-64H2,1-5H3,(H,78,79)(H,80,81)/t65?,66-,67+,68+/m0/s1. The molecule has 0 aromatic heterocycles. The van der Waals surface area contributed by atoms with Crippen LogP contribution in [0.5, 0.6) is 0 Å². The monoisotopic (exact) mass is 1340 g/mol. The molecule has 0 aromatic carbocycles. The first kappa shape index (κ1) is 89.1. The van der Waals surface area contributed by atoms with Gasteiger partial charge < -0.3 is 33.8 Å². The van der Waals surface area contributed by atoms with E-state index in [0.29, 0.717) is 25.7 Å². The average Bonchev–Trinajstić information content (AvgIpc) is 3.74. The number of unbranched alkanes of at least 4 members (excludes halogenated alkanes) is 43. The van der Waals surface area contributed by atoms with Crippen LogP contribution < -0.4 is 0 Å². The lowest BCUT2D eigenvalue weighted by atomic mass is 9.99. The topological polar surface area (TPSA) is 237 Å². The fraction of sp³-hybridized carbons (Fsp3) is 0.944. The number of aliphatic hydroxyl groups excluding tert-OH is 1. The zero-order chi connectivity index (χ0) is 67.0. The first-order chi connectivity index (χ1) is 44.1. The third-order valence-electron chi connectivity index (χ3n) is 17.1. The van der Waals surface area contributed by atoms with Crippen molar-refractivity contribution in [2.45, 2.75) is 393 Å². The summed E-state index contributed by atoms with van der Waals surface area (Å²) in [7, 11) is -9.89. The Morgan fingerprint density at radius 2 is 0.527 bits per heavy atom. The predicted molar refractivity (Wildman–Crippen MR) is 368 cm³/mol. The number of phosphoric acid groups is 2. The van der Waals surface area contributed by atoms with Gasteiger partial charge in [0.25, 0.3) is 0 Å². The van der Waals surface area contributed by atoms with E-state index < -0.39 is 97.5 Å².